The van der Waals surface area contributed by atoms with Crippen LogP contribution >= 0.6 is 31.9 Å². The van der Waals surface area contributed by atoms with Crippen molar-refractivity contribution in [1.82, 2.24) is 0 Å². The first-order valence-electron chi connectivity index (χ1n) is 8.76. The Morgan fingerprint density at radius 1 is 0.500 bits per heavy atom. The van der Waals surface area contributed by atoms with Gasteiger partial charge in [0.2, 0.25) is 0 Å². The third-order valence-corrected chi connectivity index (χ3v) is 7.21. The van der Waals surface area contributed by atoms with Crippen LogP contribution in [-0.2, 0) is 0 Å². The van der Waals surface area contributed by atoms with Crippen molar-refractivity contribution in [3.8, 4) is 11.1 Å². The molecule has 26 heavy (non-hydrogen) atoms. The molecule has 130 valence electrons. The molecule has 0 saturated heterocycles. The average molecular weight is 468 g/mol. The molecule has 0 unspecified atom stereocenters. The molecule has 0 nitrogen and oxygen atoms in total. The molecule has 2 heteroatoms. The van der Waals surface area contributed by atoms with E-state index in [1.807, 2.05) is 0 Å². The minimum absolute atomic E-state index is 1.19. The second kappa shape index (κ2) is 6.51. The lowest BCUT2D eigenvalue weighted by Crippen LogP contribution is -1.91. The number of fused-ring (bicyclic) bond motifs is 2. The van der Waals surface area contributed by atoms with E-state index in [-0.39, 0.29) is 0 Å². The molecular formula is C24H20Br2. The fourth-order valence-corrected chi connectivity index (χ4v) is 4.62. The quantitative estimate of drug-likeness (QED) is 0.263. The molecule has 0 saturated carbocycles. The van der Waals surface area contributed by atoms with Crippen molar-refractivity contribution in [3.05, 3.63) is 79.7 Å². The van der Waals surface area contributed by atoms with Crippen LogP contribution in [0, 0.1) is 27.7 Å². The van der Waals surface area contributed by atoms with Crippen LogP contribution in [0.4, 0.5) is 0 Å². The molecule has 0 N–H and O–H groups in total. The van der Waals surface area contributed by atoms with E-state index in [4.69, 9.17) is 0 Å². The minimum atomic E-state index is 1.19. The van der Waals surface area contributed by atoms with E-state index in [2.05, 4.69) is 108 Å². The Morgan fingerprint density at radius 3 is 1.27 bits per heavy atom. The molecule has 0 heterocycles. The first-order chi connectivity index (χ1) is 12.4. The van der Waals surface area contributed by atoms with E-state index >= 15 is 0 Å². The molecule has 4 aromatic rings. The van der Waals surface area contributed by atoms with Gasteiger partial charge in [0, 0.05) is 8.95 Å². The van der Waals surface area contributed by atoms with Gasteiger partial charge in [-0.1, -0.05) is 47.5 Å². The monoisotopic (exact) mass is 466 g/mol. The van der Waals surface area contributed by atoms with E-state index in [1.165, 1.54) is 63.9 Å². The van der Waals surface area contributed by atoms with Crippen molar-refractivity contribution in [2.45, 2.75) is 27.7 Å². The summed E-state index contributed by atoms with van der Waals surface area (Å²) in [5.74, 6) is 0. The van der Waals surface area contributed by atoms with E-state index in [1.54, 1.807) is 0 Å². The zero-order valence-electron chi connectivity index (χ0n) is 15.4. The molecule has 0 radical (unpaired) electrons. The summed E-state index contributed by atoms with van der Waals surface area (Å²) in [6, 6.07) is 18.1. The molecule has 0 aliphatic carbocycles. The maximum absolute atomic E-state index is 3.80. The van der Waals surface area contributed by atoms with Gasteiger partial charge in [-0.05, 0) is 115 Å². The smallest absolute Gasteiger partial charge is 0.0283 e. The summed E-state index contributed by atoms with van der Waals surface area (Å²) in [5, 5.41) is 5.13. The van der Waals surface area contributed by atoms with Crippen LogP contribution in [0.5, 0.6) is 0 Å². The van der Waals surface area contributed by atoms with Gasteiger partial charge in [0.05, 0.1) is 0 Å². The Labute approximate surface area is 171 Å². The number of hydrogen-bond acceptors (Lipinski definition) is 0. The lowest BCUT2D eigenvalue weighted by molar-refractivity contribution is 1.42. The number of halogens is 2. The predicted molar refractivity (Wildman–Crippen MR) is 121 cm³/mol. The van der Waals surface area contributed by atoms with Crippen LogP contribution in [0.1, 0.15) is 22.3 Å². The number of rotatable bonds is 1. The van der Waals surface area contributed by atoms with Crippen LogP contribution in [0.3, 0.4) is 0 Å². The summed E-state index contributed by atoms with van der Waals surface area (Å²) in [4.78, 5) is 0. The van der Waals surface area contributed by atoms with Gasteiger partial charge in [-0.3, -0.25) is 0 Å². The highest BCUT2D eigenvalue weighted by Gasteiger charge is 2.15. The molecule has 0 aliphatic heterocycles. The van der Waals surface area contributed by atoms with Gasteiger partial charge < -0.3 is 0 Å². The molecule has 4 aromatic carbocycles. The van der Waals surface area contributed by atoms with Crippen molar-refractivity contribution in [2.24, 2.45) is 0 Å². The predicted octanol–water partition coefficient (Wildman–Crippen LogP) is 8.42. The Balaban J connectivity index is 2.18. The Kier molecular flexibility index (Phi) is 4.45. The second-order valence-corrected chi connectivity index (χ2v) is 8.79. The van der Waals surface area contributed by atoms with E-state index < -0.39 is 0 Å². The van der Waals surface area contributed by atoms with Crippen molar-refractivity contribution >= 4 is 53.4 Å². The van der Waals surface area contributed by atoms with E-state index in [9.17, 15) is 0 Å². The normalized spacial score (nSPS) is 11.5. The van der Waals surface area contributed by atoms with Gasteiger partial charge in [-0.2, -0.15) is 0 Å². The van der Waals surface area contributed by atoms with Crippen LogP contribution in [-0.4, -0.2) is 0 Å². The zero-order chi connectivity index (χ0) is 18.6. The molecule has 0 fully saturated rings. The number of aryl methyl sites for hydroxylation is 4. The van der Waals surface area contributed by atoms with E-state index in [0.29, 0.717) is 0 Å². The molecule has 0 aromatic heterocycles. The topological polar surface area (TPSA) is 0 Å². The number of benzene rings is 4. The first-order valence-corrected chi connectivity index (χ1v) is 10.3. The molecule has 0 atom stereocenters. The Hall–Kier alpha value is -1.64. The van der Waals surface area contributed by atoms with Crippen LogP contribution in [0.2, 0.25) is 0 Å². The van der Waals surface area contributed by atoms with E-state index in [0.717, 1.165) is 0 Å². The van der Waals surface area contributed by atoms with Gasteiger partial charge in [-0.25, -0.2) is 0 Å². The minimum Gasteiger partial charge on any atom is -0.0587 e. The van der Waals surface area contributed by atoms with Crippen molar-refractivity contribution in [2.75, 3.05) is 0 Å². The third kappa shape index (κ3) is 2.80. The summed E-state index contributed by atoms with van der Waals surface area (Å²) in [6.07, 6.45) is 0. The molecular weight excluding hydrogens is 448 g/mol. The molecule has 0 spiro atoms. The van der Waals surface area contributed by atoms with Gasteiger partial charge in [-0.15, -0.1) is 0 Å². The van der Waals surface area contributed by atoms with Crippen molar-refractivity contribution in [1.29, 1.82) is 0 Å². The van der Waals surface area contributed by atoms with Crippen molar-refractivity contribution < 1.29 is 0 Å². The largest absolute Gasteiger partial charge is 0.0587 e. The number of hydrogen-bond donors (Lipinski definition) is 0. The average Bonchev–Trinajstić information content (AvgIpc) is 2.61. The van der Waals surface area contributed by atoms with Gasteiger partial charge >= 0.3 is 0 Å². The van der Waals surface area contributed by atoms with Gasteiger partial charge in [0.25, 0.3) is 0 Å². The highest BCUT2D eigenvalue weighted by molar-refractivity contribution is 9.11. The third-order valence-electron chi connectivity index (χ3n) is 5.11. The lowest BCUT2D eigenvalue weighted by atomic mass is 9.90. The van der Waals surface area contributed by atoms with Crippen LogP contribution in [0.25, 0.3) is 32.7 Å². The Morgan fingerprint density at radius 2 is 0.885 bits per heavy atom. The van der Waals surface area contributed by atoms with Crippen LogP contribution in [0.15, 0.2) is 57.5 Å². The summed E-state index contributed by atoms with van der Waals surface area (Å²) in [7, 11) is 0. The first kappa shape index (κ1) is 17.8. The van der Waals surface area contributed by atoms with Crippen molar-refractivity contribution in [3.63, 3.8) is 0 Å². The summed E-state index contributed by atoms with van der Waals surface area (Å²) >= 11 is 7.60. The Bertz CT molecular complexity index is 1090. The highest BCUT2D eigenvalue weighted by atomic mass is 79.9. The molecule has 0 bridgehead atoms. The zero-order valence-corrected chi connectivity index (χ0v) is 18.5. The van der Waals surface area contributed by atoms with Gasteiger partial charge in [0.15, 0.2) is 0 Å². The fraction of sp³-hybridized carbons (Fsp3) is 0.167. The summed E-state index contributed by atoms with van der Waals surface area (Å²) in [5.41, 5.74) is 7.68. The molecule has 0 amide bonds. The maximum atomic E-state index is 3.80. The standard InChI is InChI=1S/C24H20Br2/c1-13-5-7-17-19(11-15(3)23(25)21(17)9-13)20-12-16(4)24(26)22-10-14(2)6-8-18(20)22/h5-12H,1-4H3. The van der Waals surface area contributed by atoms with Crippen LogP contribution < -0.4 is 0 Å². The second-order valence-electron chi connectivity index (χ2n) is 7.21. The fourth-order valence-electron chi connectivity index (χ4n) is 3.73. The summed E-state index contributed by atoms with van der Waals surface area (Å²) in [6.45, 7) is 8.65. The SMILES string of the molecule is Cc1ccc2c(-c3cc(C)c(Br)c4cc(C)ccc34)cc(C)c(Br)c2c1. The highest BCUT2D eigenvalue weighted by Crippen LogP contribution is 2.41. The maximum Gasteiger partial charge on any atom is 0.0283 e. The molecule has 0 aliphatic rings. The molecule has 4 rings (SSSR count). The summed E-state index contributed by atoms with van der Waals surface area (Å²) < 4.78 is 2.38. The van der Waals surface area contributed by atoms with Gasteiger partial charge in [0.1, 0.15) is 0 Å². The lowest BCUT2D eigenvalue weighted by Gasteiger charge is -2.16.